The Balaban J connectivity index is 3.47. The van der Waals surface area contributed by atoms with Crippen LogP contribution in [0.2, 0.25) is 10.3 Å². The summed E-state index contributed by atoms with van der Waals surface area (Å²) in [7, 11) is -3.46. The average Bonchev–Trinajstić information content (AvgIpc) is 1.97. The Bertz CT molecular complexity index is 425. The van der Waals surface area contributed by atoms with Crippen LogP contribution in [0.15, 0.2) is 5.16 Å². The summed E-state index contributed by atoms with van der Waals surface area (Å²) in [5.41, 5.74) is 0. The number of hydrogen-bond donors (Lipinski definition) is 0. The van der Waals surface area contributed by atoms with Crippen molar-refractivity contribution in [1.82, 2.24) is 9.97 Å². The number of rotatable bonds is 1. The largest absolute Gasteiger partial charge is 0.249 e. The van der Waals surface area contributed by atoms with Gasteiger partial charge in [0.25, 0.3) is 0 Å². The smallest absolute Gasteiger partial charge is 0.221 e. The van der Waals surface area contributed by atoms with E-state index in [4.69, 9.17) is 23.2 Å². The molecule has 1 heterocycles. The van der Waals surface area contributed by atoms with Crippen molar-refractivity contribution in [3.8, 4) is 0 Å². The van der Waals surface area contributed by atoms with Gasteiger partial charge < -0.3 is 0 Å². The lowest BCUT2D eigenvalue weighted by atomic mass is 10.7. The summed E-state index contributed by atoms with van der Waals surface area (Å²) in [4.78, 5) is 7.16. The van der Waals surface area contributed by atoms with Gasteiger partial charge in [-0.05, 0) is 22.6 Å². The van der Waals surface area contributed by atoms with Gasteiger partial charge in [0.15, 0.2) is 0 Å². The first-order valence-corrected chi connectivity index (χ1v) is 6.63. The number of nitrogens with zero attached hydrogens (tertiary/aromatic N) is 2. The fourth-order valence-corrected chi connectivity index (χ4v) is 1.79. The molecule has 0 bridgehead atoms. The first-order chi connectivity index (χ1) is 5.82. The first-order valence-electron chi connectivity index (χ1n) is 2.91. The highest BCUT2D eigenvalue weighted by Gasteiger charge is 2.16. The highest BCUT2D eigenvalue weighted by Crippen LogP contribution is 2.23. The molecule has 8 heteroatoms. The van der Waals surface area contributed by atoms with Crippen LogP contribution in [0.4, 0.5) is 0 Å². The molecule has 0 atom stereocenters. The first kappa shape index (κ1) is 11.4. The normalized spacial score (nSPS) is 11.7. The molecule has 0 fully saturated rings. The van der Waals surface area contributed by atoms with Gasteiger partial charge in [0.05, 0.1) is 3.57 Å². The van der Waals surface area contributed by atoms with Gasteiger partial charge in [0.1, 0.15) is 10.3 Å². The molecule has 0 aliphatic carbocycles. The molecule has 0 spiro atoms. The Morgan fingerprint density at radius 2 is 1.62 bits per heavy atom. The molecule has 0 unspecified atom stereocenters. The molecule has 0 N–H and O–H groups in total. The van der Waals surface area contributed by atoms with Gasteiger partial charge in [0.2, 0.25) is 15.0 Å². The average molecular weight is 353 g/mol. The maximum Gasteiger partial charge on any atom is 0.249 e. The third-order valence-electron chi connectivity index (χ3n) is 1.08. The van der Waals surface area contributed by atoms with Gasteiger partial charge in [-0.25, -0.2) is 18.4 Å². The van der Waals surface area contributed by atoms with E-state index in [0.29, 0.717) is 3.57 Å². The molecule has 0 aliphatic heterocycles. The summed E-state index contributed by atoms with van der Waals surface area (Å²) in [6, 6.07) is 0. The quantitative estimate of drug-likeness (QED) is 0.439. The zero-order valence-electron chi connectivity index (χ0n) is 6.25. The molecule has 1 rings (SSSR count). The molecule has 0 saturated carbocycles. The monoisotopic (exact) mass is 352 g/mol. The van der Waals surface area contributed by atoms with Crippen molar-refractivity contribution in [2.45, 2.75) is 5.16 Å². The molecule has 72 valence electrons. The van der Waals surface area contributed by atoms with Crippen molar-refractivity contribution in [2.24, 2.45) is 0 Å². The Kier molecular flexibility index (Phi) is 3.37. The second kappa shape index (κ2) is 3.84. The molecular formula is C5H3Cl2IN2O2S. The van der Waals surface area contributed by atoms with Gasteiger partial charge >= 0.3 is 0 Å². The highest BCUT2D eigenvalue weighted by atomic mass is 127. The lowest BCUT2D eigenvalue weighted by Gasteiger charge is -2.00. The number of sulfone groups is 1. The molecule has 0 aromatic carbocycles. The molecule has 0 saturated heterocycles. The summed E-state index contributed by atoms with van der Waals surface area (Å²) < 4.78 is 22.4. The van der Waals surface area contributed by atoms with Crippen molar-refractivity contribution in [2.75, 3.05) is 6.26 Å². The van der Waals surface area contributed by atoms with E-state index >= 15 is 0 Å². The van der Waals surface area contributed by atoms with Crippen LogP contribution in [0.5, 0.6) is 0 Å². The van der Waals surface area contributed by atoms with E-state index in [9.17, 15) is 8.42 Å². The van der Waals surface area contributed by atoms with Crippen LogP contribution in [0.25, 0.3) is 0 Å². The van der Waals surface area contributed by atoms with Crippen LogP contribution in [0.3, 0.4) is 0 Å². The second-order valence-corrected chi connectivity index (χ2v) is 5.88. The minimum absolute atomic E-state index is 0.0426. The molecule has 1 aromatic heterocycles. The van der Waals surface area contributed by atoms with Crippen molar-refractivity contribution in [3.05, 3.63) is 13.9 Å². The molecular weight excluding hydrogens is 350 g/mol. The van der Waals surface area contributed by atoms with Crippen LogP contribution >= 0.6 is 45.8 Å². The number of aromatic nitrogens is 2. The number of hydrogen-bond acceptors (Lipinski definition) is 4. The van der Waals surface area contributed by atoms with E-state index in [1.54, 1.807) is 0 Å². The fourth-order valence-electron chi connectivity index (χ4n) is 0.542. The maximum atomic E-state index is 11.0. The van der Waals surface area contributed by atoms with E-state index < -0.39 is 9.84 Å². The lowest BCUT2D eigenvalue weighted by molar-refractivity contribution is 0.592. The fraction of sp³-hybridized carbons (Fsp3) is 0.200. The van der Waals surface area contributed by atoms with Gasteiger partial charge in [0, 0.05) is 6.26 Å². The van der Waals surface area contributed by atoms with E-state index in [0.717, 1.165) is 6.26 Å². The zero-order chi connectivity index (χ0) is 10.2. The molecule has 13 heavy (non-hydrogen) atoms. The third kappa shape index (κ3) is 2.64. The summed E-state index contributed by atoms with van der Waals surface area (Å²) in [5, 5.41) is -0.273. The highest BCUT2D eigenvalue weighted by molar-refractivity contribution is 14.1. The van der Waals surface area contributed by atoms with Crippen molar-refractivity contribution in [3.63, 3.8) is 0 Å². The minimum atomic E-state index is -3.46. The second-order valence-electron chi connectivity index (χ2n) is 2.17. The maximum absolute atomic E-state index is 11.0. The topological polar surface area (TPSA) is 59.9 Å². The molecule has 0 amide bonds. The zero-order valence-corrected chi connectivity index (χ0v) is 10.7. The summed E-state index contributed by atoms with van der Waals surface area (Å²) >= 11 is 13.1. The van der Waals surface area contributed by atoms with Crippen molar-refractivity contribution in [1.29, 1.82) is 0 Å². The van der Waals surface area contributed by atoms with Crippen LogP contribution < -0.4 is 0 Å². The molecule has 0 aliphatic rings. The minimum Gasteiger partial charge on any atom is -0.221 e. The van der Waals surface area contributed by atoms with Crippen LogP contribution in [0.1, 0.15) is 0 Å². The lowest BCUT2D eigenvalue weighted by Crippen LogP contribution is -2.05. The number of halogens is 3. The Morgan fingerprint density at radius 3 is 1.92 bits per heavy atom. The van der Waals surface area contributed by atoms with E-state index in [-0.39, 0.29) is 15.5 Å². The summed E-state index contributed by atoms with van der Waals surface area (Å²) in [6.45, 7) is 0. The van der Waals surface area contributed by atoms with E-state index in [1.807, 2.05) is 22.6 Å². The van der Waals surface area contributed by atoms with Gasteiger partial charge in [-0.15, -0.1) is 0 Å². The molecule has 0 radical (unpaired) electrons. The van der Waals surface area contributed by atoms with E-state index in [2.05, 4.69) is 9.97 Å². The SMILES string of the molecule is CS(=O)(=O)c1nc(Cl)c(I)c(Cl)n1. The third-order valence-corrected chi connectivity index (χ3v) is 4.13. The van der Waals surface area contributed by atoms with Crippen molar-refractivity contribution < 1.29 is 8.42 Å². The van der Waals surface area contributed by atoms with Crippen LogP contribution in [0, 0.1) is 3.57 Å². The van der Waals surface area contributed by atoms with Gasteiger partial charge in [-0.1, -0.05) is 23.2 Å². The predicted molar refractivity (Wildman–Crippen MR) is 57.9 cm³/mol. The predicted octanol–water partition coefficient (Wildman–Crippen LogP) is 1.79. The molecule has 1 aromatic rings. The van der Waals surface area contributed by atoms with Gasteiger partial charge in [-0.2, -0.15) is 0 Å². The van der Waals surface area contributed by atoms with Crippen LogP contribution in [-0.4, -0.2) is 24.6 Å². The Morgan fingerprint density at radius 1 is 1.23 bits per heavy atom. The van der Waals surface area contributed by atoms with Gasteiger partial charge in [-0.3, -0.25) is 0 Å². The Labute approximate surface area is 98.7 Å². The Hall–Kier alpha value is 0.340. The standard InChI is InChI=1S/C5H3Cl2IN2O2S/c1-13(11,12)5-9-3(6)2(8)4(7)10-5/h1H3. The summed E-state index contributed by atoms with van der Waals surface area (Å²) in [6.07, 6.45) is 0.988. The molecule has 4 nitrogen and oxygen atoms in total. The van der Waals surface area contributed by atoms with E-state index in [1.165, 1.54) is 0 Å². The summed E-state index contributed by atoms with van der Waals surface area (Å²) in [5.74, 6) is 0. The van der Waals surface area contributed by atoms with Crippen molar-refractivity contribution >= 4 is 55.6 Å². The van der Waals surface area contributed by atoms with Crippen LogP contribution in [-0.2, 0) is 9.84 Å².